The Kier molecular flexibility index (Phi) is 3.02. The second kappa shape index (κ2) is 4.33. The first-order valence-electron chi connectivity index (χ1n) is 5.71. The van der Waals surface area contributed by atoms with Crippen LogP contribution in [-0.2, 0) is 0 Å². The van der Waals surface area contributed by atoms with Crippen LogP contribution < -0.4 is 5.32 Å². The van der Waals surface area contributed by atoms with E-state index in [1.807, 2.05) is 6.07 Å². The van der Waals surface area contributed by atoms with Crippen molar-refractivity contribution in [2.45, 2.75) is 31.7 Å². The van der Waals surface area contributed by atoms with Gasteiger partial charge in [0.15, 0.2) is 0 Å². The van der Waals surface area contributed by atoms with Gasteiger partial charge in [-0.25, -0.2) is 0 Å². The van der Waals surface area contributed by atoms with Gasteiger partial charge in [0.2, 0.25) is 0 Å². The molecule has 1 aromatic rings. The molecule has 0 unspecified atom stereocenters. The van der Waals surface area contributed by atoms with Crippen LogP contribution in [-0.4, -0.2) is 22.2 Å². The fourth-order valence-corrected chi connectivity index (χ4v) is 2.17. The minimum absolute atomic E-state index is 0.0646. The van der Waals surface area contributed by atoms with E-state index in [1.54, 1.807) is 13.0 Å². The molecule has 1 saturated carbocycles. The molecule has 0 heterocycles. The number of nitro benzene ring substituents is 1. The lowest BCUT2D eigenvalue weighted by Gasteiger charge is -2.42. The minimum atomic E-state index is -0.382. The molecule has 1 aromatic carbocycles. The third-order valence-corrected chi connectivity index (χ3v) is 3.52. The van der Waals surface area contributed by atoms with Crippen LogP contribution in [0.2, 0.25) is 0 Å². The number of nitro groups is 1. The summed E-state index contributed by atoms with van der Waals surface area (Å²) in [5.41, 5.74) is 1.20. The van der Waals surface area contributed by atoms with Crippen molar-refractivity contribution in [1.82, 2.24) is 0 Å². The maximum atomic E-state index is 10.8. The number of hydrogen-bond acceptors (Lipinski definition) is 4. The Morgan fingerprint density at radius 3 is 2.71 bits per heavy atom. The summed E-state index contributed by atoms with van der Waals surface area (Å²) < 4.78 is 0. The van der Waals surface area contributed by atoms with E-state index < -0.39 is 0 Å². The quantitative estimate of drug-likeness (QED) is 0.621. The summed E-state index contributed by atoms with van der Waals surface area (Å²) in [5.74, 6) is 0. The van der Waals surface area contributed by atoms with E-state index in [2.05, 4.69) is 5.32 Å². The number of benzene rings is 1. The van der Waals surface area contributed by atoms with Crippen LogP contribution in [0, 0.1) is 17.0 Å². The van der Waals surface area contributed by atoms with E-state index >= 15 is 0 Å². The standard InChI is InChI=1S/C12H16N2O3/c1-9-10(4-2-5-11(9)14(16)17)13-12(8-15)6-3-7-12/h2,4-5,13,15H,3,6-8H2,1H3. The minimum Gasteiger partial charge on any atom is -0.394 e. The van der Waals surface area contributed by atoms with Gasteiger partial charge in [-0.3, -0.25) is 10.1 Å². The predicted octanol–water partition coefficient (Wildman–Crippen LogP) is 2.23. The summed E-state index contributed by atoms with van der Waals surface area (Å²) >= 11 is 0. The van der Waals surface area contributed by atoms with Gasteiger partial charge < -0.3 is 10.4 Å². The number of aliphatic hydroxyl groups is 1. The third kappa shape index (κ3) is 2.10. The number of hydrogen-bond donors (Lipinski definition) is 2. The average molecular weight is 236 g/mol. The molecule has 5 heteroatoms. The van der Waals surface area contributed by atoms with Gasteiger partial charge in [-0.2, -0.15) is 0 Å². The highest BCUT2D eigenvalue weighted by atomic mass is 16.6. The molecule has 0 aromatic heterocycles. The van der Waals surface area contributed by atoms with E-state index in [0.717, 1.165) is 24.9 Å². The number of nitrogens with one attached hydrogen (secondary N) is 1. The van der Waals surface area contributed by atoms with E-state index in [1.165, 1.54) is 6.07 Å². The summed E-state index contributed by atoms with van der Waals surface area (Å²) in [6, 6.07) is 4.97. The van der Waals surface area contributed by atoms with Crippen LogP contribution in [0.25, 0.3) is 0 Å². The zero-order valence-electron chi connectivity index (χ0n) is 9.77. The van der Waals surface area contributed by atoms with E-state index in [0.29, 0.717) is 5.56 Å². The van der Waals surface area contributed by atoms with Crippen molar-refractivity contribution in [2.75, 3.05) is 11.9 Å². The van der Waals surface area contributed by atoms with Gasteiger partial charge in [0.1, 0.15) is 0 Å². The van der Waals surface area contributed by atoms with Gasteiger partial charge in [0.25, 0.3) is 5.69 Å². The molecule has 1 aliphatic rings. The summed E-state index contributed by atoms with van der Waals surface area (Å²) in [5, 5.41) is 23.4. The van der Waals surface area contributed by atoms with E-state index in [-0.39, 0.29) is 22.8 Å². The van der Waals surface area contributed by atoms with Crippen molar-refractivity contribution in [3.05, 3.63) is 33.9 Å². The van der Waals surface area contributed by atoms with Gasteiger partial charge in [-0.05, 0) is 32.3 Å². The van der Waals surface area contributed by atoms with Crippen LogP contribution in [0.1, 0.15) is 24.8 Å². The zero-order valence-corrected chi connectivity index (χ0v) is 9.77. The highest BCUT2D eigenvalue weighted by Crippen LogP contribution is 2.37. The highest BCUT2D eigenvalue weighted by Gasteiger charge is 2.36. The molecule has 0 aliphatic heterocycles. The van der Waals surface area contributed by atoms with E-state index in [9.17, 15) is 15.2 Å². The van der Waals surface area contributed by atoms with Crippen molar-refractivity contribution in [3.63, 3.8) is 0 Å². The number of nitrogens with zero attached hydrogens (tertiary/aromatic N) is 1. The third-order valence-electron chi connectivity index (χ3n) is 3.52. The fraction of sp³-hybridized carbons (Fsp3) is 0.500. The van der Waals surface area contributed by atoms with Crippen molar-refractivity contribution < 1.29 is 10.0 Å². The molecular weight excluding hydrogens is 220 g/mol. The largest absolute Gasteiger partial charge is 0.394 e. The molecule has 0 atom stereocenters. The van der Waals surface area contributed by atoms with Crippen molar-refractivity contribution >= 4 is 11.4 Å². The summed E-state index contributed by atoms with van der Waals surface area (Å²) in [6.07, 6.45) is 2.90. The Balaban J connectivity index is 2.27. The average Bonchev–Trinajstić information content (AvgIpc) is 2.25. The van der Waals surface area contributed by atoms with Crippen LogP contribution in [0.15, 0.2) is 18.2 Å². The van der Waals surface area contributed by atoms with Gasteiger partial charge in [0, 0.05) is 17.3 Å². The Bertz CT molecular complexity index is 436. The van der Waals surface area contributed by atoms with Gasteiger partial charge in [0.05, 0.1) is 17.1 Å². The number of anilines is 1. The lowest BCUT2D eigenvalue weighted by molar-refractivity contribution is -0.385. The first-order chi connectivity index (χ1) is 8.08. The van der Waals surface area contributed by atoms with Crippen molar-refractivity contribution in [1.29, 1.82) is 0 Å². The van der Waals surface area contributed by atoms with Crippen LogP contribution in [0.5, 0.6) is 0 Å². The van der Waals surface area contributed by atoms with Crippen LogP contribution in [0.3, 0.4) is 0 Å². The first kappa shape index (κ1) is 11.9. The molecule has 0 saturated heterocycles. The maximum absolute atomic E-state index is 10.8. The Morgan fingerprint density at radius 1 is 1.53 bits per heavy atom. The Labute approximate surface area is 99.6 Å². The smallest absolute Gasteiger partial charge is 0.274 e. The lowest BCUT2D eigenvalue weighted by Crippen LogP contribution is -2.48. The second-order valence-corrected chi connectivity index (χ2v) is 4.62. The molecule has 5 nitrogen and oxygen atoms in total. The molecule has 1 fully saturated rings. The Hall–Kier alpha value is -1.62. The predicted molar refractivity (Wildman–Crippen MR) is 65.1 cm³/mol. The first-order valence-corrected chi connectivity index (χ1v) is 5.71. The lowest BCUT2D eigenvalue weighted by atomic mass is 9.77. The van der Waals surface area contributed by atoms with Gasteiger partial charge in [-0.15, -0.1) is 0 Å². The molecule has 0 bridgehead atoms. The molecule has 2 rings (SSSR count). The number of rotatable bonds is 4. The monoisotopic (exact) mass is 236 g/mol. The molecular formula is C12H16N2O3. The molecule has 92 valence electrons. The normalized spacial score (nSPS) is 17.3. The molecule has 17 heavy (non-hydrogen) atoms. The van der Waals surface area contributed by atoms with E-state index in [4.69, 9.17) is 0 Å². The molecule has 0 radical (unpaired) electrons. The molecule has 2 N–H and O–H groups in total. The number of aliphatic hydroxyl groups excluding tert-OH is 1. The SMILES string of the molecule is Cc1c(NC2(CO)CCC2)cccc1[N+](=O)[O-]. The fourth-order valence-electron chi connectivity index (χ4n) is 2.17. The Morgan fingerprint density at radius 2 is 2.24 bits per heavy atom. The zero-order chi connectivity index (χ0) is 12.5. The maximum Gasteiger partial charge on any atom is 0.274 e. The van der Waals surface area contributed by atoms with Crippen LogP contribution >= 0.6 is 0 Å². The molecule has 0 spiro atoms. The topological polar surface area (TPSA) is 75.4 Å². The summed E-state index contributed by atoms with van der Waals surface area (Å²) in [6.45, 7) is 1.79. The summed E-state index contributed by atoms with van der Waals surface area (Å²) in [7, 11) is 0. The van der Waals surface area contributed by atoms with Gasteiger partial charge in [-0.1, -0.05) is 6.07 Å². The summed E-state index contributed by atoms with van der Waals surface area (Å²) in [4.78, 5) is 10.4. The second-order valence-electron chi connectivity index (χ2n) is 4.62. The highest BCUT2D eigenvalue weighted by molar-refractivity contribution is 5.61. The molecule has 0 amide bonds. The van der Waals surface area contributed by atoms with Crippen molar-refractivity contribution in [3.8, 4) is 0 Å². The van der Waals surface area contributed by atoms with Crippen LogP contribution in [0.4, 0.5) is 11.4 Å². The van der Waals surface area contributed by atoms with Gasteiger partial charge >= 0.3 is 0 Å². The van der Waals surface area contributed by atoms with Crippen molar-refractivity contribution in [2.24, 2.45) is 0 Å². The molecule has 1 aliphatic carbocycles.